The zero-order valence-electron chi connectivity index (χ0n) is 12.2. The molecule has 0 spiro atoms. The van der Waals surface area contributed by atoms with Gasteiger partial charge in [0.25, 0.3) is 0 Å². The molecular formula is C22H16. The zero-order valence-corrected chi connectivity index (χ0v) is 12.2. The van der Waals surface area contributed by atoms with E-state index in [-0.39, 0.29) is 0 Å². The van der Waals surface area contributed by atoms with E-state index in [1.165, 1.54) is 33.0 Å². The van der Waals surface area contributed by atoms with Crippen molar-refractivity contribution < 1.29 is 0 Å². The van der Waals surface area contributed by atoms with Gasteiger partial charge in [-0.2, -0.15) is 0 Å². The molecule has 104 valence electrons. The largest absolute Gasteiger partial charge is 0.0622 e. The molecule has 0 nitrogen and oxygen atoms in total. The molecule has 0 unspecified atom stereocenters. The van der Waals surface area contributed by atoms with Crippen molar-refractivity contribution in [1.82, 2.24) is 0 Å². The van der Waals surface area contributed by atoms with Crippen molar-refractivity contribution in [3.8, 4) is 22.3 Å². The van der Waals surface area contributed by atoms with Gasteiger partial charge in [0.2, 0.25) is 0 Å². The van der Waals surface area contributed by atoms with E-state index in [4.69, 9.17) is 0 Å². The Balaban J connectivity index is 2.02. The predicted octanol–water partition coefficient (Wildman–Crippen LogP) is 6.17. The molecule has 4 aromatic rings. The minimum Gasteiger partial charge on any atom is -0.0622 e. The molecule has 0 aromatic heterocycles. The van der Waals surface area contributed by atoms with Gasteiger partial charge in [-0.15, -0.1) is 0 Å². The third-order valence-corrected chi connectivity index (χ3v) is 4.05. The van der Waals surface area contributed by atoms with Crippen LogP contribution in [0.5, 0.6) is 0 Å². The fraction of sp³-hybridized carbons (Fsp3) is 0. The zero-order chi connectivity index (χ0) is 14.8. The molecule has 22 heavy (non-hydrogen) atoms. The van der Waals surface area contributed by atoms with Crippen molar-refractivity contribution in [1.29, 1.82) is 0 Å². The van der Waals surface area contributed by atoms with Gasteiger partial charge in [0, 0.05) is 0 Å². The second kappa shape index (κ2) is 5.50. The Kier molecular flexibility index (Phi) is 3.21. The lowest BCUT2D eigenvalue weighted by Gasteiger charge is -2.11. The summed E-state index contributed by atoms with van der Waals surface area (Å²) >= 11 is 0. The molecule has 0 saturated heterocycles. The average Bonchev–Trinajstić information content (AvgIpc) is 2.62. The first-order chi connectivity index (χ1) is 10.9. The first-order valence-electron chi connectivity index (χ1n) is 7.55. The molecule has 4 aromatic carbocycles. The second-order valence-corrected chi connectivity index (χ2v) is 5.48. The van der Waals surface area contributed by atoms with Crippen LogP contribution in [-0.2, 0) is 0 Å². The number of hydrogen-bond donors (Lipinski definition) is 0. The molecule has 0 aliphatic rings. The van der Waals surface area contributed by atoms with Crippen molar-refractivity contribution >= 4 is 10.8 Å². The molecular weight excluding hydrogens is 264 g/mol. The van der Waals surface area contributed by atoms with Gasteiger partial charge in [0.15, 0.2) is 0 Å². The van der Waals surface area contributed by atoms with Gasteiger partial charge in [-0.1, -0.05) is 84.9 Å². The molecule has 0 heterocycles. The van der Waals surface area contributed by atoms with Gasteiger partial charge in [0.1, 0.15) is 0 Å². The fourth-order valence-corrected chi connectivity index (χ4v) is 2.96. The summed E-state index contributed by atoms with van der Waals surface area (Å²) in [5.41, 5.74) is 5.07. The molecule has 0 N–H and O–H groups in total. The molecule has 0 fully saturated rings. The lowest BCUT2D eigenvalue weighted by Crippen LogP contribution is -1.85. The third kappa shape index (κ3) is 2.29. The lowest BCUT2D eigenvalue weighted by molar-refractivity contribution is 1.62. The van der Waals surface area contributed by atoms with Crippen LogP contribution < -0.4 is 0 Å². The van der Waals surface area contributed by atoms with E-state index >= 15 is 0 Å². The summed E-state index contributed by atoms with van der Waals surface area (Å²) in [7, 11) is 0. The first-order valence-corrected chi connectivity index (χ1v) is 7.55. The van der Waals surface area contributed by atoms with Crippen molar-refractivity contribution in [2.45, 2.75) is 0 Å². The van der Waals surface area contributed by atoms with Crippen LogP contribution in [0.15, 0.2) is 97.1 Å². The SMILES string of the molecule is c1ccc(-c2cc(-c3ccccc3)c3ccccc3c2)cc1. The average molecular weight is 280 g/mol. The molecule has 0 radical (unpaired) electrons. The molecule has 0 heteroatoms. The Morgan fingerprint density at radius 1 is 0.409 bits per heavy atom. The van der Waals surface area contributed by atoms with Crippen LogP contribution in [0.2, 0.25) is 0 Å². The molecule has 0 bridgehead atoms. The summed E-state index contributed by atoms with van der Waals surface area (Å²) in [5.74, 6) is 0. The number of rotatable bonds is 2. The predicted molar refractivity (Wildman–Crippen MR) is 94.8 cm³/mol. The first kappa shape index (κ1) is 12.8. The Labute approximate surface area is 130 Å². The lowest BCUT2D eigenvalue weighted by atomic mass is 9.93. The number of hydrogen-bond acceptors (Lipinski definition) is 0. The van der Waals surface area contributed by atoms with E-state index in [2.05, 4.69) is 97.1 Å². The van der Waals surface area contributed by atoms with Gasteiger partial charge in [0.05, 0.1) is 0 Å². The van der Waals surface area contributed by atoms with Crippen LogP contribution in [0.25, 0.3) is 33.0 Å². The van der Waals surface area contributed by atoms with Crippen LogP contribution in [0.3, 0.4) is 0 Å². The molecule has 4 rings (SSSR count). The topological polar surface area (TPSA) is 0 Å². The summed E-state index contributed by atoms with van der Waals surface area (Å²) in [6.07, 6.45) is 0. The van der Waals surface area contributed by atoms with Gasteiger partial charge < -0.3 is 0 Å². The molecule has 0 amide bonds. The fourth-order valence-electron chi connectivity index (χ4n) is 2.96. The highest BCUT2D eigenvalue weighted by molar-refractivity contribution is 6.00. The standard InChI is InChI=1S/C22H16/c1-3-9-17(10-4-1)20-15-19-13-7-8-14-21(19)22(16-20)18-11-5-2-6-12-18/h1-16H. The second-order valence-electron chi connectivity index (χ2n) is 5.48. The minimum atomic E-state index is 1.26. The summed E-state index contributed by atoms with van der Waals surface area (Å²) in [6.45, 7) is 0. The Hall–Kier alpha value is -2.86. The molecule has 0 atom stereocenters. The molecule has 0 aliphatic heterocycles. The van der Waals surface area contributed by atoms with Crippen LogP contribution in [0.4, 0.5) is 0 Å². The van der Waals surface area contributed by atoms with Crippen molar-refractivity contribution in [2.75, 3.05) is 0 Å². The Morgan fingerprint density at radius 2 is 1.00 bits per heavy atom. The van der Waals surface area contributed by atoms with E-state index < -0.39 is 0 Å². The highest BCUT2D eigenvalue weighted by Crippen LogP contribution is 2.33. The van der Waals surface area contributed by atoms with E-state index in [1.807, 2.05) is 0 Å². The number of fused-ring (bicyclic) bond motifs is 1. The molecule has 0 aliphatic carbocycles. The monoisotopic (exact) mass is 280 g/mol. The van der Waals surface area contributed by atoms with Gasteiger partial charge in [-0.3, -0.25) is 0 Å². The summed E-state index contributed by atoms with van der Waals surface area (Å²) < 4.78 is 0. The number of benzene rings is 4. The third-order valence-electron chi connectivity index (χ3n) is 4.05. The maximum atomic E-state index is 2.30. The summed E-state index contributed by atoms with van der Waals surface area (Å²) in [4.78, 5) is 0. The summed E-state index contributed by atoms with van der Waals surface area (Å²) in [5, 5.41) is 2.58. The van der Waals surface area contributed by atoms with Crippen molar-refractivity contribution in [3.63, 3.8) is 0 Å². The van der Waals surface area contributed by atoms with Crippen molar-refractivity contribution in [2.24, 2.45) is 0 Å². The Morgan fingerprint density at radius 3 is 1.73 bits per heavy atom. The van der Waals surface area contributed by atoms with E-state index in [0.29, 0.717) is 0 Å². The van der Waals surface area contributed by atoms with Crippen molar-refractivity contribution in [3.05, 3.63) is 97.1 Å². The van der Waals surface area contributed by atoms with Crippen LogP contribution >= 0.6 is 0 Å². The maximum Gasteiger partial charge on any atom is -0.00992 e. The Bertz CT molecular complexity index is 906. The highest BCUT2D eigenvalue weighted by Gasteiger charge is 2.07. The smallest absolute Gasteiger partial charge is 0.00992 e. The van der Waals surface area contributed by atoms with Gasteiger partial charge >= 0.3 is 0 Å². The normalized spacial score (nSPS) is 10.7. The molecule has 0 saturated carbocycles. The van der Waals surface area contributed by atoms with E-state index in [1.54, 1.807) is 0 Å². The van der Waals surface area contributed by atoms with Gasteiger partial charge in [-0.25, -0.2) is 0 Å². The van der Waals surface area contributed by atoms with Crippen LogP contribution in [0, 0.1) is 0 Å². The maximum absolute atomic E-state index is 2.30. The van der Waals surface area contributed by atoms with Crippen LogP contribution in [0.1, 0.15) is 0 Å². The van der Waals surface area contributed by atoms with Gasteiger partial charge in [-0.05, 0) is 45.2 Å². The minimum absolute atomic E-state index is 1.26. The quantitative estimate of drug-likeness (QED) is 0.411. The van der Waals surface area contributed by atoms with E-state index in [9.17, 15) is 0 Å². The van der Waals surface area contributed by atoms with E-state index in [0.717, 1.165) is 0 Å². The highest BCUT2D eigenvalue weighted by atomic mass is 14.1. The summed E-state index contributed by atoms with van der Waals surface area (Å²) in [6, 6.07) is 34.4. The van der Waals surface area contributed by atoms with Crippen LogP contribution in [-0.4, -0.2) is 0 Å².